The number of amides is 3. The molecule has 0 saturated heterocycles. The van der Waals surface area contributed by atoms with Gasteiger partial charge in [-0.2, -0.15) is 0 Å². The summed E-state index contributed by atoms with van der Waals surface area (Å²) in [5.74, 6) is 0.711. The second-order valence-electron chi connectivity index (χ2n) is 5.91. The molecule has 3 N–H and O–H groups in total. The average Bonchev–Trinajstić information content (AvgIpc) is 2.69. The van der Waals surface area contributed by atoms with Crippen molar-refractivity contribution in [2.24, 2.45) is 0 Å². The van der Waals surface area contributed by atoms with Crippen LogP contribution in [0.1, 0.15) is 17.3 Å². The zero-order valence-electron chi connectivity index (χ0n) is 15.4. The minimum Gasteiger partial charge on any atom is -0.322 e. The highest BCUT2D eigenvalue weighted by Crippen LogP contribution is 2.24. The maximum absolute atomic E-state index is 12.7. The first-order chi connectivity index (χ1) is 13.7. The molecule has 28 heavy (non-hydrogen) atoms. The predicted octanol–water partition coefficient (Wildman–Crippen LogP) is 5.69. The fourth-order valence-electron chi connectivity index (χ4n) is 2.62. The van der Waals surface area contributed by atoms with E-state index in [1.807, 2.05) is 54.6 Å². The van der Waals surface area contributed by atoms with E-state index in [1.165, 1.54) is 0 Å². The molecule has 5 nitrogen and oxygen atoms in total. The molecule has 0 aliphatic heterocycles. The van der Waals surface area contributed by atoms with Gasteiger partial charge in [0.15, 0.2) is 0 Å². The first-order valence-corrected chi connectivity index (χ1v) is 9.90. The molecule has 3 aromatic carbocycles. The first kappa shape index (κ1) is 19.5. The van der Waals surface area contributed by atoms with Gasteiger partial charge in [-0.1, -0.05) is 43.3 Å². The van der Waals surface area contributed by atoms with Crippen LogP contribution in [0.3, 0.4) is 0 Å². The molecule has 0 unspecified atom stereocenters. The number of para-hydroxylation sites is 1. The van der Waals surface area contributed by atoms with Gasteiger partial charge in [0.05, 0.1) is 5.56 Å². The Labute approximate surface area is 168 Å². The summed E-state index contributed by atoms with van der Waals surface area (Å²) in [7, 11) is 0. The van der Waals surface area contributed by atoms with Crippen molar-refractivity contribution in [2.75, 3.05) is 21.7 Å². The van der Waals surface area contributed by atoms with Crippen molar-refractivity contribution in [2.45, 2.75) is 11.8 Å². The molecule has 0 aromatic heterocycles. The third-order valence-electron chi connectivity index (χ3n) is 3.84. The number of nitrogens with one attached hydrogen (secondary N) is 3. The van der Waals surface area contributed by atoms with Gasteiger partial charge in [-0.25, -0.2) is 4.79 Å². The summed E-state index contributed by atoms with van der Waals surface area (Å²) < 4.78 is 0. The van der Waals surface area contributed by atoms with E-state index in [0.717, 1.165) is 10.6 Å². The lowest BCUT2D eigenvalue weighted by atomic mass is 10.2. The standard InChI is InChI=1S/C22H21N3O2S/c1-2-28-20-14-7-6-13-19(20)21(26)23-17-11-8-12-18(15-17)25-22(27)24-16-9-4-3-5-10-16/h3-15H,2H2,1H3,(H,23,26)(H2,24,25,27). The number of carbonyl (C=O) groups excluding carboxylic acids is 2. The summed E-state index contributed by atoms with van der Waals surface area (Å²) in [4.78, 5) is 25.7. The predicted molar refractivity (Wildman–Crippen MR) is 116 cm³/mol. The number of carbonyl (C=O) groups is 2. The van der Waals surface area contributed by atoms with E-state index in [4.69, 9.17) is 0 Å². The van der Waals surface area contributed by atoms with E-state index >= 15 is 0 Å². The van der Waals surface area contributed by atoms with Crippen LogP contribution in [0.25, 0.3) is 0 Å². The molecule has 0 atom stereocenters. The maximum Gasteiger partial charge on any atom is 0.323 e. The Balaban J connectivity index is 1.66. The van der Waals surface area contributed by atoms with Crippen LogP contribution >= 0.6 is 11.8 Å². The molecule has 3 aromatic rings. The van der Waals surface area contributed by atoms with Crippen LogP contribution in [-0.2, 0) is 0 Å². The second-order valence-corrected chi connectivity index (χ2v) is 7.22. The van der Waals surface area contributed by atoms with Crippen LogP contribution in [0.4, 0.5) is 21.9 Å². The van der Waals surface area contributed by atoms with Gasteiger partial charge in [-0.05, 0) is 48.2 Å². The third-order valence-corrected chi connectivity index (χ3v) is 4.80. The van der Waals surface area contributed by atoms with Crippen molar-refractivity contribution in [3.05, 3.63) is 84.4 Å². The summed E-state index contributed by atoms with van der Waals surface area (Å²) in [6.07, 6.45) is 0. The van der Waals surface area contributed by atoms with E-state index in [0.29, 0.717) is 22.6 Å². The zero-order valence-corrected chi connectivity index (χ0v) is 16.3. The van der Waals surface area contributed by atoms with Crippen LogP contribution in [0.15, 0.2) is 83.8 Å². The highest BCUT2D eigenvalue weighted by molar-refractivity contribution is 7.99. The Morgan fingerprint density at radius 3 is 2.11 bits per heavy atom. The molecule has 3 rings (SSSR count). The first-order valence-electron chi connectivity index (χ1n) is 8.92. The fourth-order valence-corrected chi connectivity index (χ4v) is 3.43. The largest absolute Gasteiger partial charge is 0.323 e. The molecule has 0 heterocycles. The Morgan fingerprint density at radius 1 is 0.750 bits per heavy atom. The van der Waals surface area contributed by atoms with Gasteiger partial charge in [0, 0.05) is 22.0 Å². The average molecular weight is 391 g/mol. The summed E-state index contributed by atoms with van der Waals surface area (Å²) in [6, 6.07) is 23.4. The van der Waals surface area contributed by atoms with Crippen molar-refractivity contribution in [3.63, 3.8) is 0 Å². The number of urea groups is 1. The SMILES string of the molecule is CCSc1ccccc1C(=O)Nc1cccc(NC(=O)Nc2ccccc2)c1. The van der Waals surface area contributed by atoms with Crippen molar-refractivity contribution in [1.29, 1.82) is 0 Å². The molecule has 0 saturated carbocycles. The minimum absolute atomic E-state index is 0.178. The number of hydrogen-bond donors (Lipinski definition) is 3. The van der Waals surface area contributed by atoms with E-state index in [-0.39, 0.29) is 11.9 Å². The molecule has 6 heteroatoms. The van der Waals surface area contributed by atoms with Gasteiger partial charge in [0.25, 0.3) is 5.91 Å². The normalized spacial score (nSPS) is 10.2. The topological polar surface area (TPSA) is 70.2 Å². The minimum atomic E-state index is -0.348. The monoisotopic (exact) mass is 391 g/mol. The van der Waals surface area contributed by atoms with Crippen LogP contribution in [-0.4, -0.2) is 17.7 Å². The number of anilines is 3. The van der Waals surface area contributed by atoms with E-state index in [9.17, 15) is 9.59 Å². The highest BCUT2D eigenvalue weighted by Gasteiger charge is 2.11. The van der Waals surface area contributed by atoms with E-state index in [1.54, 1.807) is 36.0 Å². The zero-order chi connectivity index (χ0) is 19.8. The van der Waals surface area contributed by atoms with Gasteiger partial charge in [-0.15, -0.1) is 11.8 Å². The molecule has 0 spiro atoms. The van der Waals surface area contributed by atoms with E-state index < -0.39 is 0 Å². The summed E-state index contributed by atoms with van der Waals surface area (Å²) in [5, 5.41) is 8.42. The summed E-state index contributed by atoms with van der Waals surface area (Å²) >= 11 is 1.63. The van der Waals surface area contributed by atoms with Gasteiger partial charge in [-0.3, -0.25) is 4.79 Å². The molecule has 0 aliphatic rings. The molecule has 142 valence electrons. The van der Waals surface area contributed by atoms with Crippen LogP contribution in [0.2, 0.25) is 0 Å². The molecule has 0 bridgehead atoms. The lowest BCUT2D eigenvalue weighted by Gasteiger charge is -2.11. The Kier molecular flexibility index (Phi) is 6.70. The van der Waals surface area contributed by atoms with Gasteiger partial charge < -0.3 is 16.0 Å². The lowest BCUT2D eigenvalue weighted by Crippen LogP contribution is -2.19. The smallest absolute Gasteiger partial charge is 0.322 e. The van der Waals surface area contributed by atoms with Crippen molar-refractivity contribution < 1.29 is 9.59 Å². The molecule has 3 amide bonds. The molecule has 0 fully saturated rings. The van der Waals surface area contributed by atoms with Gasteiger partial charge in [0.1, 0.15) is 0 Å². The Bertz CT molecular complexity index is 961. The Hall–Kier alpha value is -3.25. The molecule has 0 radical (unpaired) electrons. The van der Waals surface area contributed by atoms with Gasteiger partial charge in [0.2, 0.25) is 0 Å². The highest BCUT2D eigenvalue weighted by atomic mass is 32.2. The van der Waals surface area contributed by atoms with Crippen LogP contribution in [0.5, 0.6) is 0 Å². The summed E-state index contributed by atoms with van der Waals surface area (Å²) in [5.41, 5.74) is 2.53. The number of rotatable bonds is 6. The van der Waals surface area contributed by atoms with Crippen LogP contribution in [0, 0.1) is 0 Å². The Morgan fingerprint density at radius 2 is 1.36 bits per heavy atom. The molecular weight excluding hydrogens is 370 g/mol. The van der Waals surface area contributed by atoms with Crippen molar-refractivity contribution in [1.82, 2.24) is 0 Å². The number of benzene rings is 3. The summed E-state index contributed by atoms with van der Waals surface area (Å²) in [6.45, 7) is 2.05. The quantitative estimate of drug-likeness (QED) is 0.472. The number of thioether (sulfide) groups is 1. The van der Waals surface area contributed by atoms with Gasteiger partial charge >= 0.3 is 6.03 Å². The second kappa shape index (κ2) is 9.62. The van der Waals surface area contributed by atoms with E-state index in [2.05, 4.69) is 22.9 Å². The maximum atomic E-state index is 12.7. The molecular formula is C22H21N3O2S. The van der Waals surface area contributed by atoms with Crippen molar-refractivity contribution in [3.8, 4) is 0 Å². The molecule has 0 aliphatic carbocycles. The van der Waals surface area contributed by atoms with Crippen LogP contribution < -0.4 is 16.0 Å². The third kappa shape index (κ3) is 5.37. The number of hydrogen-bond acceptors (Lipinski definition) is 3. The lowest BCUT2D eigenvalue weighted by molar-refractivity contribution is 0.102. The van der Waals surface area contributed by atoms with Crippen molar-refractivity contribution >= 4 is 40.8 Å². The fraction of sp³-hybridized carbons (Fsp3) is 0.0909.